The van der Waals surface area contributed by atoms with E-state index in [1.165, 1.54) is 5.56 Å². The average molecular weight is 201 g/mol. The van der Waals surface area contributed by atoms with Crippen molar-refractivity contribution in [1.82, 2.24) is 0 Å². The number of fused-ring (bicyclic) bond motifs is 1. The smallest absolute Gasteiger partial charge is 0.123 e. The number of benzene rings is 2. The van der Waals surface area contributed by atoms with Gasteiger partial charge in [0.1, 0.15) is 5.75 Å². The zero-order chi connectivity index (χ0) is 10.8. The van der Waals surface area contributed by atoms with Gasteiger partial charge in [-0.3, -0.25) is 0 Å². The molecule has 1 atom stereocenters. The van der Waals surface area contributed by atoms with Crippen LogP contribution < -0.4 is 5.73 Å². The first-order valence-corrected chi connectivity index (χ1v) is 5.13. The second-order valence-electron chi connectivity index (χ2n) is 4.01. The van der Waals surface area contributed by atoms with E-state index in [9.17, 15) is 5.11 Å². The lowest BCUT2D eigenvalue weighted by atomic mass is 10.0. The van der Waals surface area contributed by atoms with Crippen LogP contribution in [0.15, 0.2) is 36.4 Å². The van der Waals surface area contributed by atoms with E-state index in [1.807, 2.05) is 31.2 Å². The van der Waals surface area contributed by atoms with Crippen molar-refractivity contribution < 1.29 is 5.11 Å². The number of rotatable bonds is 2. The van der Waals surface area contributed by atoms with Crippen molar-refractivity contribution in [3.05, 3.63) is 42.0 Å². The van der Waals surface area contributed by atoms with Gasteiger partial charge in [-0.1, -0.05) is 24.3 Å². The van der Waals surface area contributed by atoms with Gasteiger partial charge in [-0.2, -0.15) is 0 Å². The van der Waals surface area contributed by atoms with Crippen LogP contribution in [-0.2, 0) is 6.42 Å². The minimum absolute atomic E-state index is 0.147. The summed E-state index contributed by atoms with van der Waals surface area (Å²) in [6, 6.07) is 11.8. The van der Waals surface area contributed by atoms with E-state index in [0.29, 0.717) is 5.75 Å². The molecule has 0 aliphatic heterocycles. The van der Waals surface area contributed by atoms with E-state index >= 15 is 0 Å². The molecule has 3 N–H and O–H groups in total. The molecule has 2 rings (SSSR count). The molecule has 1 unspecified atom stereocenters. The predicted octanol–water partition coefficient (Wildman–Crippen LogP) is 2.44. The third-order valence-electron chi connectivity index (χ3n) is 2.48. The predicted molar refractivity (Wildman–Crippen MR) is 63.0 cm³/mol. The van der Waals surface area contributed by atoms with E-state index in [1.54, 1.807) is 6.07 Å². The molecule has 0 aromatic heterocycles. The first-order chi connectivity index (χ1) is 7.16. The van der Waals surface area contributed by atoms with Crippen LogP contribution in [0.1, 0.15) is 12.5 Å². The van der Waals surface area contributed by atoms with E-state index in [2.05, 4.69) is 6.07 Å². The van der Waals surface area contributed by atoms with Gasteiger partial charge in [0.2, 0.25) is 0 Å². The van der Waals surface area contributed by atoms with Gasteiger partial charge in [-0.25, -0.2) is 0 Å². The first-order valence-electron chi connectivity index (χ1n) is 5.13. The van der Waals surface area contributed by atoms with Crippen LogP contribution in [0.3, 0.4) is 0 Å². The maximum absolute atomic E-state index is 9.70. The Balaban J connectivity index is 2.50. The van der Waals surface area contributed by atoms with Gasteiger partial charge in [-0.05, 0) is 36.4 Å². The Morgan fingerprint density at radius 1 is 1.27 bits per heavy atom. The Morgan fingerprint density at radius 2 is 2.07 bits per heavy atom. The number of aromatic hydroxyl groups is 1. The molecular formula is C13H15NO. The van der Waals surface area contributed by atoms with E-state index in [0.717, 1.165) is 17.2 Å². The number of phenolic OH excluding ortho intramolecular Hbond substituents is 1. The molecule has 0 aliphatic rings. The molecule has 15 heavy (non-hydrogen) atoms. The molecule has 0 bridgehead atoms. The molecule has 0 fully saturated rings. The molecule has 0 amide bonds. The molecule has 2 aromatic carbocycles. The number of nitrogens with two attached hydrogens (primary N) is 1. The van der Waals surface area contributed by atoms with Crippen LogP contribution in [-0.4, -0.2) is 11.1 Å². The highest BCUT2D eigenvalue weighted by Crippen LogP contribution is 2.25. The van der Waals surface area contributed by atoms with Gasteiger partial charge in [0.15, 0.2) is 0 Å². The van der Waals surface area contributed by atoms with Crippen molar-refractivity contribution in [2.75, 3.05) is 0 Å². The zero-order valence-electron chi connectivity index (χ0n) is 8.77. The van der Waals surface area contributed by atoms with Crippen LogP contribution in [0.5, 0.6) is 5.75 Å². The molecule has 2 aromatic rings. The van der Waals surface area contributed by atoms with Gasteiger partial charge < -0.3 is 10.8 Å². The Morgan fingerprint density at radius 3 is 2.80 bits per heavy atom. The SMILES string of the molecule is CC(N)Cc1ccc2cccc(O)c2c1. The fraction of sp³-hybridized carbons (Fsp3) is 0.231. The standard InChI is InChI=1S/C13H15NO/c1-9(14)7-10-5-6-11-3-2-4-13(15)12(11)8-10/h2-6,8-9,15H,7,14H2,1H3. The monoisotopic (exact) mass is 201 g/mol. The van der Waals surface area contributed by atoms with Gasteiger partial charge in [-0.15, -0.1) is 0 Å². The van der Waals surface area contributed by atoms with Crippen LogP contribution in [0, 0.1) is 0 Å². The number of phenols is 1. The molecule has 0 spiro atoms. The van der Waals surface area contributed by atoms with Crippen LogP contribution in [0.4, 0.5) is 0 Å². The van der Waals surface area contributed by atoms with E-state index in [-0.39, 0.29) is 6.04 Å². The minimum atomic E-state index is 0.147. The fourth-order valence-corrected chi connectivity index (χ4v) is 1.80. The maximum atomic E-state index is 9.70. The summed E-state index contributed by atoms with van der Waals surface area (Å²) in [6.07, 6.45) is 0.838. The topological polar surface area (TPSA) is 46.2 Å². The number of hydrogen-bond acceptors (Lipinski definition) is 2. The lowest BCUT2D eigenvalue weighted by Crippen LogP contribution is -2.17. The fourth-order valence-electron chi connectivity index (χ4n) is 1.80. The quantitative estimate of drug-likeness (QED) is 0.783. The Labute approximate surface area is 89.3 Å². The number of hydrogen-bond donors (Lipinski definition) is 2. The molecule has 0 saturated heterocycles. The first kappa shape index (κ1) is 9.99. The zero-order valence-corrected chi connectivity index (χ0v) is 8.77. The third-order valence-corrected chi connectivity index (χ3v) is 2.48. The van der Waals surface area contributed by atoms with Crippen LogP contribution >= 0.6 is 0 Å². The second kappa shape index (κ2) is 3.91. The molecule has 2 heteroatoms. The van der Waals surface area contributed by atoms with Crippen molar-refractivity contribution in [1.29, 1.82) is 0 Å². The largest absolute Gasteiger partial charge is 0.507 e. The summed E-state index contributed by atoms with van der Waals surface area (Å²) in [7, 11) is 0. The highest BCUT2D eigenvalue weighted by molar-refractivity contribution is 5.88. The highest BCUT2D eigenvalue weighted by Gasteiger charge is 2.02. The Bertz CT molecular complexity index is 477. The van der Waals surface area contributed by atoms with Crippen molar-refractivity contribution in [3.8, 4) is 5.75 Å². The van der Waals surface area contributed by atoms with Crippen LogP contribution in [0.2, 0.25) is 0 Å². The Kier molecular flexibility index (Phi) is 2.60. The summed E-state index contributed by atoms with van der Waals surface area (Å²) >= 11 is 0. The van der Waals surface area contributed by atoms with Gasteiger partial charge in [0.05, 0.1) is 0 Å². The van der Waals surface area contributed by atoms with E-state index in [4.69, 9.17) is 5.73 Å². The van der Waals surface area contributed by atoms with Gasteiger partial charge in [0.25, 0.3) is 0 Å². The molecular weight excluding hydrogens is 186 g/mol. The lowest BCUT2D eigenvalue weighted by Gasteiger charge is -2.07. The summed E-state index contributed by atoms with van der Waals surface area (Å²) in [5.41, 5.74) is 6.91. The molecule has 0 radical (unpaired) electrons. The molecule has 78 valence electrons. The minimum Gasteiger partial charge on any atom is -0.507 e. The summed E-state index contributed by atoms with van der Waals surface area (Å²) in [5.74, 6) is 0.332. The van der Waals surface area contributed by atoms with Gasteiger partial charge >= 0.3 is 0 Å². The second-order valence-corrected chi connectivity index (χ2v) is 4.01. The van der Waals surface area contributed by atoms with Crippen LogP contribution in [0.25, 0.3) is 10.8 Å². The Hall–Kier alpha value is -1.54. The molecule has 0 saturated carbocycles. The third kappa shape index (κ3) is 2.10. The molecule has 0 aliphatic carbocycles. The molecule has 2 nitrogen and oxygen atoms in total. The molecule has 0 heterocycles. The lowest BCUT2D eigenvalue weighted by molar-refractivity contribution is 0.481. The van der Waals surface area contributed by atoms with E-state index < -0.39 is 0 Å². The van der Waals surface area contributed by atoms with Gasteiger partial charge in [0, 0.05) is 11.4 Å². The summed E-state index contributed by atoms with van der Waals surface area (Å²) in [6.45, 7) is 1.98. The average Bonchev–Trinajstić information content (AvgIpc) is 2.18. The summed E-state index contributed by atoms with van der Waals surface area (Å²) in [5, 5.41) is 11.7. The normalized spacial score (nSPS) is 12.9. The summed E-state index contributed by atoms with van der Waals surface area (Å²) in [4.78, 5) is 0. The highest BCUT2D eigenvalue weighted by atomic mass is 16.3. The van der Waals surface area contributed by atoms with Crippen molar-refractivity contribution in [2.45, 2.75) is 19.4 Å². The van der Waals surface area contributed by atoms with Crippen molar-refractivity contribution in [2.24, 2.45) is 5.73 Å². The maximum Gasteiger partial charge on any atom is 0.123 e. The van der Waals surface area contributed by atoms with Crippen molar-refractivity contribution >= 4 is 10.8 Å². The summed E-state index contributed by atoms with van der Waals surface area (Å²) < 4.78 is 0. The van der Waals surface area contributed by atoms with Crippen molar-refractivity contribution in [3.63, 3.8) is 0 Å².